The Labute approximate surface area is 171 Å². The second-order valence-electron chi connectivity index (χ2n) is 6.76. The van der Waals surface area contributed by atoms with Gasteiger partial charge in [-0.15, -0.1) is 0 Å². The molecular formula is C19H18ClN7O2. The molecule has 4 N–H and O–H groups in total. The molecule has 2 aromatic heterocycles. The number of aromatic nitrogens is 3. The van der Waals surface area contributed by atoms with Crippen molar-refractivity contribution in [2.24, 2.45) is 0 Å². The summed E-state index contributed by atoms with van der Waals surface area (Å²) >= 11 is 6.07. The highest BCUT2D eigenvalue weighted by molar-refractivity contribution is 6.30. The van der Waals surface area contributed by atoms with Crippen molar-refractivity contribution in [3.05, 3.63) is 52.8 Å². The predicted molar refractivity (Wildman–Crippen MR) is 111 cm³/mol. The fourth-order valence-electron chi connectivity index (χ4n) is 2.90. The molecule has 3 aromatic rings. The summed E-state index contributed by atoms with van der Waals surface area (Å²) in [5, 5.41) is 16.2. The fraction of sp³-hybridized carbons (Fsp3) is 0.158. The first-order valence-corrected chi connectivity index (χ1v) is 9.29. The van der Waals surface area contributed by atoms with E-state index in [2.05, 4.69) is 31.3 Å². The molecule has 4 rings (SSSR count). The SMILES string of the molecule is CC(C)Nc1cc(Nc2cccc(Cl)c2)nc2c(C=C3NC(=O)NC3=O)cnn12. The summed E-state index contributed by atoms with van der Waals surface area (Å²) in [6, 6.07) is 8.74. The Kier molecular flexibility index (Phi) is 4.81. The lowest BCUT2D eigenvalue weighted by Gasteiger charge is -2.14. The van der Waals surface area contributed by atoms with Crippen molar-refractivity contribution in [1.29, 1.82) is 0 Å². The molecule has 3 heterocycles. The highest BCUT2D eigenvalue weighted by Gasteiger charge is 2.23. The number of imide groups is 1. The minimum absolute atomic E-state index is 0.137. The van der Waals surface area contributed by atoms with Crippen molar-refractivity contribution >= 4 is 52.6 Å². The van der Waals surface area contributed by atoms with Crippen LogP contribution in [0.1, 0.15) is 19.4 Å². The van der Waals surface area contributed by atoms with E-state index in [1.807, 2.05) is 32.0 Å². The Balaban J connectivity index is 1.79. The first-order chi connectivity index (χ1) is 13.9. The van der Waals surface area contributed by atoms with E-state index in [4.69, 9.17) is 11.6 Å². The van der Waals surface area contributed by atoms with Crippen LogP contribution in [0.4, 0.5) is 22.1 Å². The predicted octanol–water partition coefficient (Wildman–Crippen LogP) is 3.13. The fourth-order valence-corrected chi connectivity index (χ4v) is 3.09. The lowest BCUT2D eigenvalue weighted by atomic mass is 10.2. The zero-order valence-corrected chi connectivity index (χ0v) is 16.4. The maximum atomic E-state index is 11.9. The summed E-state index contributed by atoms with van der Waals surface area (Å²) in [5.41, 5.74) is 2.02. The average Bonchev–Trinajstić information content (AvgIpc) is 3.18. The van der Waals surface area contributed by atoms with Gasteiger partial charge in [0.05, 0.1) is 6.20 Å². The molecular weight excluding hydrogens is 394 g/mol. The number of rotatable bonds is 5. The van der Waals surface area contributed by atoms with Crippen molar-refractivity contribution in [3.8, 4) is 0 Å². The van der Waals surface area contributed by atoms with Crippen molar-refractivity contribution in [2.45, 2.75) is 19.9 Å². The number of urea groups is 1. The van der Waals surface area contributed by atoms with Crippen LogP contribution in [0, 0.1) is 0 Å². The summed E-state index contributed by atoms with van der Waals surface area (Å²) in [6.45, 7) is 4.03. The lowest BCUT2D eigenvalue weighted by Crippen LogP contribution is -2.22. The molecule has 1 fully saturated rings. The molecule has 9 nitrogen and oxygen atoms in total. The van der Waals surface area contributed by atoms with Gasteiger partial charge in [0, 0.05) is 28.4 Å². The molecule has 148 valence electrons. The Bertz CT molecular complexity index is 1150. The molecule has 1 saturated heterocycles. The molecule has 0 aliphatic carbocycles. The van der Waals surface area contributed by atoms with E-state index >= 15 is 0 Å². The molecule has 0 spiro atoms. The van der Waals surface area contributed by atoms with Gasteiger partial charge in [0.2, 0.25) is 0 Å². The number of fused-ring (bicyclic) bond motifs is 1. The topological polar surface area (TPSA) is 112 Å². The van der Waals surface area contributed by atoms with Crippen molar-refractivity contribution in [3.63, 3.8) is 0 Å². The second kappa shape index (κ2) is 7.44. The third kappa shape index (κ3) is 3.99. The van der Waals surface area contributed by atoms with Gasteiger partial charge in [0.15, 0.2) is 5.65 Å². The van der Waals surface area contributed by atoms with E-state index in [1.54, 1.807) is 22.8 Å². The number of hydrogen-bond donors (Lipinski definition) is 4. The van der Waals surface area contributed by atoms with Crippen LogP contribution in [0.3, 0.4) is 0 Å². The number of nitrogens with one attached hydrogen (secondary N) is 4. The summed E-state index contributed by atoms with van der Waals surface area (Å²) < 4.78 is 1.64. The number of carbonyl (C=O) groups excluding carboxylic acids is 2. The van der Waals surface area contributed by atoms with Gasteiger partial charge in [-0.3, -0.25) is 10.1 Å². The van der Waals surface area contributed by atoms with Crippen LogP contribution in [0.2, 0.25) is 5.02 Å². The molecule has 1 aliphatic rings. The summed E-state index contributed by atoms with van der Waals surface area (Å²) in [5.74, 6) is 0.796. The molecule has 29 heavy (non-hydrogen) atoms. The standard InChI is InChI=1S/C19H18ClN7O2/c1-10(2)22-16-8-15(23-13-5-3-4-12(20)7-13)25-17-11(9-21-27(16)17)6-14-18(28)26-19(29)24-14/h3-10,22H,1-2H3,(H,23,25)(H2,24,26,28,29). The molecule has 0 atom stereocenters. The van der Waals surface area contributed by atoms with E-state index in [1.165, 1.54) is 6.08 Å². The maximum Gasteiger partial charge on any atom is 0.326 e. The number of carbonyl (C=O) groups is 2. The number of nitrogens with zero attached hydrogens (tertiary/aromatic N) is 3. The van der Waals surface area contributed by atoms with Crippen LogP contribution in [0.5, 0.6) is 0 Å². The van der Waals surface area contributed by atoms with Crippen molar-refractivity contribution in [2.75, 3.05) is 10.6 Å². The smallest absolute Gasteiger partial charge is 0.326 e. The first-order valence-electron chi connectivity index (χ1n) is 8.91. The number of benzene rings is 1. The Morgan fingerprint density at radius 3 is 2.72 bits per heavy atom. The van der Waals surface area contributed by atoms with Gasteiger partial charge in [-0.1, -0.05) is 17.7 Å². The Hall–Kier alpha value is -3.59. The number of amides is 3. The van der Waals surface area contributed by atoms with Gasteiger partial charge in [0.25, 0.3) is 5.91 Å². The van der Waals surface area contributed by atoms with E-state index in [0.29, 0.717) is 22.1 Å². The molecule has 3 amide bonds. The third-order valence-electron chi connectivity index (χ3n) is 4.05. The van der Waals surface area contributed by atoms with Crippen molar-refractivity contribution in [1.82, 2.24) is 25.2 Å². The van der Waals surface area contributed by atoms with Crippen LogP contribution in [0.15, 0.2) is 42.2 Å². The first kappa shape index (κ1) is 18.8. The summed E-state index contributed by atoms with van der Waals surface area (Å²) in [6.07, 6.45) is 3.12. The molecule has 1 aliphatic heterocycles. The minimum Gasteiger partial charge on any atom is -0.368 e. The van der Waals surface area contributed by atoms with E-state index in [9.17, 15) is 9.59 Å². The molecule has 0 saturated carbocycles. The Morgan fingerprint density at radius 1 is 1.21 bits per heavy atom. The molecule has 0 radical (unpaired) electrons. The van der Waals surface area contributed by atoms with Gasteiger partial charge in [-0.2, -0.15) is 9.61 Å². The van der Waals surface area contributed by atoms with Gasteiger partial charge in [0.1, 0.15) is 17.3 Å². The van der Waals surface area contributed by atoms with Crippen LogP contribution in [-0.4, -0.2) is 32.6 Å². The zero-order valence-electron chi connectivity index (χ0n) is 15.7. The van der Waals surface area contributed by atoms with Gasteiger partial charge >= 0.3 is 6.03 Å². The van der Waals surface area contributed by atoms with Crippen molar-refractivity contribution < 1.29 is 9.59 Å². The van der Waals surface area contributed by atoms with Crippen LogP contribution in [0.25, 0.3) is 11.7 Å². The van der Waals surface area contributed by atoms with Crippen LogP contribution < -0.4 is 21.3 Å². The summed E-state index contributed by atoms with van der Waals surface area (Å²) in [7, 11) is 0. The van der Waals surface area contributed by atoms with Crippen LogP contribution >= 0.6 is 11.6 Å². The van der Waals surface area contributed by atoms with Crippen LogP contribution in [-0.2, 0) is 4.79 Å². The van der Waals surface area contributed by atoms with E-state index < -0.39 is 11.9 Å². The van der Waals surface area contributed by atoms with Gasteiger partial charge in [-0.25, -0.2) is 9.78 Å². The normalized spacial score (nSPS) is 15.1. The molecule has 0 unspecified atom stereocenters. The molecule has 0 bridgehead atoms. The summed E-state index contributed by atoms with van der Waals surface area (Å²) in [4.78, 5) is 27.8. The highest BCUT2D eigenvalue weighted by atomic mass is 35.5. The number of halogens is 1. The molecule has 1 aromatic carbocycles. The quantitative estimate of drug-likeness (QED) is 0.379. The van der Waals surface area contributed by atoms with E-state index in [-0.39, 0.29) is 11.7 Å². The average molecular weight is 412 g/mol. The van der Waals surface area contributed by atoms with E-state index in [0.717, 1.165) is 11.5 Å². The van der Waals surface area contributed by atoms with Gasteiger partial charge < -0.3 is 16.0 Å². The Morgan fingerprint density at radius 2 is 2.03 bits per heavy atom. The largest absolute Gasteiger partial charge is 0.368 e. The highest BCUT2D eigenvalue weighted by Crippen LogP contribution is 2.25. The molecule has 10 heteroatoms. The minimum atomic E-state index is -0.559. The maximum absolute atomic E-state index is 11.9. The number of hydrogen-bond acceptors (Lipinski definition) is 6. The zero-order chi connectivity index (χ0) is 20.5. The second-order valence-corrected chi connectivity index (χ2v) is 7.20. The van der Waals surface area contributed by atoms with Gasteiger partial charge in [-0.05, 0) is 38.1 Å². The monoisotopic (exact) mass is 411 g/mol. The lowest BCUT2D eigenvalue weighted by molar-refractivity contribution is -0.115. The third-order valence-corrected chi connectivity index (χ3v) is 4.29. The number of anilines is 3.